The summed E-state index contributed by atoms with van der Waals surface area (Å²) in [6, 6.07) is 15.4. The van der Waals surface area contributed by atoms with Crippen molar-refractivity contribution < 1.29 is 14.6 Å². The van der Waals surface area contributed by atoms with E-state index in [1.54, 1.807) is 4.90 Å². The van der Waals surface area contributed by atoms with Gasteiger partial charge in [0.15, 0.2) is 0 Å². The number of nitrogens with zero attached hydrogens (tertiary/aromatic N) is 1. The molecule has 0 aromatic heterocycles. The maximum atomic E-state index is 12.4. The average molecular weight is 340 g/mol. The van der Waals surface area contributed by atoms with Gasteiger partial charge < -0.3 is 20.1 Å². The molecule has 1 fully saturated rings. The molecule has 2 aromatic rings. The van der Waals surface area contributed by atoms with Crippen LogP contribution in [0.25, 0.3) is 0 Å². The van der Waals surface area contributed by atoms with Crippen molar-refractivity contribution >= 4 is 11.7 Å². The molecule has 2 N–H and O–H groups in total. The van der Waals surface area contributed by atoms with Gasteiger partial charge in [-0.05, 0) is 42.7 Å². The van der Waals surface area contributed by atoms with E-state index in [0.717, 1.165) is 29.0 Å². The van der Waals surface area contributed by atoms with Gasteiger partial charge >= 0.3 is 6.03 Å². The van der Waals surface area contributed by atoms with E-state index in [-0.39, 0.29) is 18.6 Å². The van der Waals surface area contributed by atoms with Crippen LogP contribution in [0.15, 0.2) is 48.5 Å². The highest BCUT2D eigenvalue weighted by atomic mass is 16.5. The number of ether oxygens (including phenoxy) is 1. The lowest BCUT2D eigenvalue weighted by Gasteiger charge is -2.19. The summed E-state index contributed by atoms with van der Waals surface area (Å²) in [4.78, 5) is 14.2. The van der Waals surface area contributed by atoms with Crippen molar-refractivity contribution in [3.63, 3.8) is 0 Å². The Kier molecular flexibility index (Phi) is 5.56. The first kappa shape index (κ1) is 17.3. The third-order valence-corrected chi connectivity index (χ3v) is 4.66. The molecule has 0 radical (unpaired) electrons. The number of carbonyl (C=O) groups excluding carboxylic acids is 1. The van der Waals surface area contributed by atoms with Crippen LogP contribution >= 0.6 is 0 Å². The van der Waals surface area contributed by atoms with Gasteiger partial charge in [0.25, 0.3) is 0 Å². The largest absolute Gasteiger partial charge is 0.489 e. The molecule has 1 aliphatic heterocycles. The molecular formula is C20H24N2O3. The van der Waals surface area contributed by atoms with Gasteiger partial charge in [0.1, 0.15) is 12.4 Å². The Morgan fingerprint density at radius 2 is 2.04 bits per heavy atom. The number of urea groups is 1. The van der Waals surface area contributed by atoms with E-state index in [4.69, 9.17) is 4.74 Å². The lowest BCUT2D eigenvalue weighted by molar-refractivity contribution is 0.208. The Balaban J connectivity index is 1.63. The molecule has 0 bridgehead atoms. The van der Waals surface area contributed by atoms with Crippen LogP contribution in [0.3, 0.4) is 0 Å². The molecule has 2 amide bonds. The third kappa shape index (κ3) is 4.31. The predicted octanol–water partition coefficient (Wildman–Crippen LogP) is 3.42. The van der Waals surface area contributed by atoms with Crippen LogP contribution in [-0.4, -0.2) is 35.7 Å². The van der Waals surface area contributed by atoms with E-state index < -0.39 is 0 Å². The number of carbonyl (C=O) groups is 1. The second kappa shape index (κ2) is 8.03. The number of likely N-dealkylation sites (tertiary alicyclic amines) is 1. The van der Waals surface area contributed by atoms with Crippen molar-refractivity contribution in [1.82, 2.24) is 4.90 Å². The Bertz CT molecular complexity index is 718. The summed E-state index contributed by atoms with van der Waals surface area (Å²) < 4.78 is 5.81. The monoisotopic (exact) mass is 340 g/mol. The fourth-order valence-corrected chi connectivity index (χ4v) is 3.01. The summed E-state index contributed by atoms with van der Waals surface area (Å²) in [5, 5.41) is 12.2. The normalized spacial score (nSPS) is 16.7. The Labute approximate surface area is 148 Å². The Hall–Kier alpha value is -2.53. The molecule has 1 heterocycles. The van der Waals surface area contributed by atoms with Crippen molar-refractivity contribution in [2.45, 2.75) is 20.0 Å². The smallest absolute Gasteiger partial charge is 0.321 e. The van der Waals surface area contributed by atoms with Gasteiger partial charge in [0.2, 0.25) is 0 Å². The Morgan fingerprint density at radius 3 is 2.76 bits per heavy atom. The van der Waals surface area contributed by atoms with Crippen molar-refractivity contribution in [2.75, 3.05) is 25.0 Å². The highest BCUT2D eigenvalue weighted by Crippen LogP contribution is 2.23. The fraction of sp³-hybridized carbons (Fsp3) is 0.350. The van der Waals surface area contributed by atoms with E-state index in [1.807, 2.05) is 55.5 Å². The SMILES string of the molecule is Cc1c(COc2ccccc2)cccc1NC(=O)N1CCC(CO)C1. The van der Waals surface area contributed by atoms with Gasteiger partial charge in [-0.25, -0.2) is 4.79 Å². The molecule has 1 atom stereocenters. The van der Waals surface area contributed by atoms with Crippen molar-refractivity contribution in [1.29, 1.82) is 0 Å². The second-order valence-electron chi connectivity index (χ2n) is 6.40. The van der Waals surface area contributed by atoms with E-state index in [9.17, 15) is 9.90 Å². The molecule has 25 heavy (non-hydrogen) atoms. The molecule has 5 nitrogen and oxygen atoms in total. The molecule has 2 aromatic carbocycles. The molecular weight excluding hydrogens is 316 g/mol. The van der Waals surface area contributed by atoms with Gasteiger partial charge in [0, 0.05) is 31.3 Å². The van der Waals surface area contributed by atoms with Crippen LogP contribution in [0, 0.1) is 12.8 Å². The summed E-state index contributed by atoms with van der Waals surface area (Å²) in [5.41, 5.74) is 2.84. The minimum atomic E-state index is -0.111. The van der Waals surface area contributed by atoms with Crippen molar-refractivity contribution in [3.8, 4) is 5.75 Å². The molecule has 132 valence electrons. The van der Waals surface area contributed by atoms with Crippen LogP contribution < -0.4 is 10.1 Å². The van der Waals surface area contributed by atoms with Crippen LogP contribution in [0.1, 0.15) is 17.5 Å². The number of para-hydroxylation sites is 1. The molecule has 3 rings (SSSR count). The van der Waals surface area contributed by atoms with Crippen LogP contribution in [0.5, 0.6) is 5.75 Å². The number of amides is 2. The zero-order valence-corrected chi connectivity index (χ0v) is 14.4. The highest BCUT2D eigenvalue weighted by Gasteiger charge is 2.25. The number of hydrogen-bond acceptors (Lipinski definition) is 3. The molecule has 0 saturated carbocycles. The quantitative estimate of drug-likeness (QED) is 0.877. The first-order valence-electron chi connectivity index (χ1n) is 8.60. The molecule has 5 heteroatoms. The summed E-state index contributed by atoms with van der Waals surface area (Å²) in [7, 11) is 0. The van der Waals surface area contributed by atoms with Gasteiger partial charge in [-0.3, -0.25) is 0 Å². The number of aliphatic hydroxyl groups is 1. The summed E-state index contributed by atoms with van der Waals surface area (Å²) in [6.45, 7) is 3.87. The predicted molar refractivity (Wildman–Crippen MR) is 97.7 cm³/mol. The first-order chi connectivity index (χ1) is 12.2. The van der Waals surface area contributed by atoms with Crippen molar-refractivity contribution in [3.05, 3.63) is 59.7 Å². The zero-order chi connectivity index (χ0) is 17.6. The second-order valence-corrected chi connectivity index (χ2v) is 6.40. The number of benzene rings is 2. The van der Waals surface area contributed by atoms with Gasteiger partial charge in [-0.2, -0.15) is 0 Å². The van der Waals surface area contributed by atoms with E-state index >= 15 is 0 Å². The van der Waals surface area contributed by atoms with Gasteiger partial charge in [-0.15, -0.1) is 0 Å². The molecule has 1 saturated heterocycles. The van der Waals surface area contributed by atoms with E-state index in [0.29, 0.717) is 19.7 Å². The minimum absolute atomic E-state index is 0.111. The first-order valence-corrected chi connectivity index (χ1v) is 8.60. The lowest BCUT2D eigenvalue weighted by Crippen LogP contribution is -2.33. The number of aliphatic hydroxyl groups excluding tert-OH is 1. The Morgan fingerprint density at radius 1 is 1.24 bits per heavy atom. The van der Waals surface area contributed by atoms with Crippen LogP contribution in [0.2, 0.25) is 0 Å². The van der Waals surface area contributed by atoms with Gasteiger partial charge in [-0.1, -0.05) is 30.3 Å². The maximum Gasteiger partial charge on any atom is 0.321 e. The molecule has 0 spiro atoms. The number of rotatable bonds is 5. The average Bonchev–Trinajstić information content (AvgIpc) is 3.13. The van der Waals surface area contributed by atoms with Gasteiger partial charge in [0.05, 0.1) is 0 Å². The maximum absolute atomic E-state index is 12.4. The van der Waals surface area contributed by atoms with Crippen LogP contribution in [0.4, 0.5) is 10.5 Å². The topological polar surface area (TPSA) is 61.8 Å². The summed E-state index contributed by atoms with van der Waals surface area (Å²) >= 11 is 0. The minimum Gasteiger partial charge on any atom is -0.489 e. The fourth-order valence-electron chi connectivity index (χ4n) is 3.01. The molecule has 1 unspecified atom stereocenters. The number of hydrogen-bond donors (Lipinski definition) is 2. The molecule has 0 aliphatic carbocycles. The lowest BCUT2D eigenvalue weighted by atomic mass is 10.1. The zero-order valence-electron chi connectivity index (χ0n) is 14.4. The highest BCUT2D eigenvalue weighted by molar-refractivity contribution is 5.90. The molecule has 1 aliphatic rings. The van der Waals surface area contributed by atoms with E-state index in [1.165, 1.54) is 0 Å². The van der Waals surface area contributed by atoms with Crippen LogP contribution in [-0.2, 0) is 6.61 Å². The van der Waals surface area contributed by atoms with E-state index in [2.05, 4.69) is 5.32 Å². The standard InChI is InChI=1S/C20H24N2O3/c1-15-17(14-25-18-7-3-2-4-8-18)6-5-9-19(15)21-20(24)22-11-10-16(12-22)13-23/h2-9,16,23H,10-14H2,1H3,(H,21,24). The van der Waals surface area contributed by atoms with Crippen molar-refractivity contribution in [2.24, 2.45) is 5.92 Å². The summed E-state index contributed by atoms with van der Waals surface area (Å²) in [6.07, 6.45) is 0.855. The number of anilines is 1. The third-order valence-electron chi connectivity index (χ3n) is 4.66. The number of nitrogens with one attached hydrogen (secondary N) is 1. The summed E-state index contributed by atoms with van der Waals surface area (Å²) in [5.74, 6) is 1.01.